The van der Waals surface area contributed by atoms with E-state index in [-0.39, 0.29) is 5.91 Å². The van der Waals surface area contributed by atoms with E-state index < -0.39 is 0 Å². The predicted octanol–water partition coefficient (Wildman–Crippen LogP) is 4.39. The summed E-state index contributed by atoms with van der Waals surface area (Å²) in [5.74, 6) is 1.33. The Hall–Kier alpha value is -2.06. The number of methoxy groups -OCH3 is 2. The van der Waals surface area contributed by atoms with Crippen molar-refractivity contribution in [3.05, 3.63) is 50.4 Å². The minimum Gasteiger partial charge on any atom is -0.495 e. The van der Waals surface area contributed by atoms with Gasteiger partial charge in [0.2, 0.25) is 0 Å². The highest BCUT2D eigenvalue weighted by Crippen LogP contribution is 2.31. The molecule has 1 amide bonds. The van der Waals surface area contributed by atoms with Crippen LogP contribution in [0, 0.1) is 0 Å². The number of nitrogens with zero attached hydrogens (tertiary/aromatic N) is 1. The number of halogens is 2. The number of hydrogen-bond donors (Lipinski definition) is 1. The second kappa shape index (κ2) is 9.59. The Labute approximate surface area is 168 Å². The Balaban J connectivity index is 2.16. The van der Waals surface area contributed by atoms with Crippen LogP contribution in [0.5, 0.6) is 17.2 Å². The number of benzene rings is 2. The molecule has 0 aliphatic heterocycles. The molecule has 1 N–H and O–H groups in total. The van der Waals surface area contributed by atoms with Gasteiger partial charge < -0.3 is 14.2 Å². The van der Waals surface area contributed by atoms with Crippen LogP contribution in [0.15, 0.2) is 44.4 Å². The highest BCUT2D eigenvalue weighted by molar-refractivity contribution is 9.11. The molecule has 0 spiro atoms. The number of hydrogen-bond acceptors (Lipinski definition) is 5. The van der Waals surface area contributed by atoms with Gasteiger partial charge in [-0.3, -0.25) is 4.79 Å². The van der Waals surface area contributed by atoms with Crippen molar-refractivity contribution < 1.29 is 19.0 Å². The number of carbonyl (C=O) groups is 1. The van der Waals surface area contributed by atoms with Gasteiger partial charge in [-0.15, -0.1) is 0 Å². The number of carbonyl (C=O) groups excluding carboxylic acids is 1. The third kappa shape index (κ3) is 4.98. The van der Waals surface area contributed by atoms with E-state index in [9.17, 15) is 4.79 Å². The molecular formula is C18H18Br2N2O4. The highest BCUT2D eigenvalue weighted by atomic mass is 79.9. The van der Waals surface area contributed by atoms with Crippen LogP contribution in [-0.2, 0) is 0 Å². The lowest BCUT2D eigenvalue weighted by molar-refractivity contribution is 0.0954. The molecule has 0 saturated heterocycles. The van der Waals surface area contributed by atoms with Crippen LogP contribution in [-0.4, -0.2) is 32.9 Å². The van der Waals surface area contributed by atoms with Crippen LogP contribution in [0.2, 0.25) is 0 Å². The second-order valence-corrected chi connectivity index (χ2v) is 6.78. The molecule has 6 nitrogen and oxygen atoms in total. The fourth-order valence-electron chi connectivity index (χ4n) is 2.20. The first-order chi connectivity index (χ1) is 12.5. The molecule has 0 aliphatic carbocycles. The van der Waals surface area contributed by atoms with Crippen molar-refractivity contribution in [3.8, 4) is 17.2 Å². The number of rotatable bonds is 7. The van der Waals surface area contributed by atoms with E-state index in [0.717, 1.165) is 8.95 Å². The van der Waals surface area contributed by atoms with Gasteiger partial charge in [0.15, 0.2) is 11.5 Å². The summed E-state index contributed by atoms with van der Waals surface area (Å²) in [4.78, 5) is 12.3. The molecule has 2 rings (SSSR count). The summed E-state index contributed by atoms with van der Waals surface area (Å²) in [6, 6.07) is 8.63. The molecule has 138 valence electrons. The molecule has 2 aromatic rings. The molecule has 0 aliphatic rings. The largest absolute Gasteiger partial charge is 0.495 e. The summed E-state index contributed by atoms with van der Waals surface area (Å²) in [6.45, 7) is 2.33. The third-order valence-electron chi connectivity index (χ3n) is 3.34. The zero-order valence-electron chi connectivity index (χ0n) is 14.5. The lowest BCUT2D eigenvalue weighted by atomic mass is 10.2. The van der Waals surface area contributed by atoms with Crippen molar-refractivity contribution in [3.63, 3.8) is 0 Å². The van der Waals surface area contributed by atoms with Crippen molar-refractivity contribution in [1.29, 1.82) is 0 Å². The maximum Gasteiger partial charge on any atom is 0.271 e. The average molecular weight is 486 g/mol. The van der Waals surface area contributed by atoms with E-state index in [0.29, 0.717) is 35.0 Å². The van der Waals surface area contributed by atoms with Gasteiger partial charge in [-0.05, 0) is 53.2 Å². The van der Waals surface area contributed by atoms with E-state index in [4.69, 9.17) is 14.2 Å². The van der Waals surface area contributed by atoms with E-state index in [2.05, 4.69) is 42.4 Å². The maximum atomic E-state index is 12.3. The molecule has 2 aromatic carbocycles. The van der Waals surface area contributed by atoms with Crippen molar-refractivity contribution in [2.24, 2.45) is 5.10 Å². The van der Waals surface area contributed by atoms with Crippen LogP contribution in [0.3, 0.4) is 0 Å². The van der Waals surface area contributed by atoms with Crippen LogP contribution in [0.4, 0.5) is 0 Å². The first-order valence-electron chi connectivity index (χ1n) is 7.67. The van der Waals surface area contributed by atoms with Crippen LogP contribution in [0.1, 0.15) is 22.8 Å². The number of hydrazone groups is 1. The summed E-state index contributed by atoms with van der Waals surface area (Å²) in [6.07, 6.45) is 1.51. The van der Waals surface area contributed by atoms with Crippen molar-refractivity contribution >= 4 is 44.0 Å². The monoisotopic (exact) mass is 484 g/mol. The van der Waals surface area contributed by atoms with Crippen LogP contribution < -0.4 is 19.6 Å². The standard InChI is InChI=1S/C18H18Br2N2O4/c1-4-26-16-8-11(5-6-15(16)24-2)18(23)22-21-10-12-7-13(19)9-14(20)17(12)25-3/h5-10H,4H2,1-3H3,(H,22,23)/b21-10+. The summed E-state index contributed by atoms with van der Waals surface area (Å²) < 4.78 is 17.7. The molecule has 0 aromatic heterocycles. The highest BCUT2D eigenvalue weighted by Gasteiger charge is 2.11. The summed E-state index contributed by atoms with van der Waals surface area (Å²) >= 11 is 6.83. The molecule has 26 heavy (non-hydrogen) atoms. The molecule has 0 fully saturated rings. The minimum atomic E-state index is -0.363. The minimum absolute atomic E-state index is 0.363. The smallest absolute Gasteiger partial charge is 0.271 e. The first-order valence-corrected chi connectivity index (χ1v) is 9.26. The Morgan fingerprint density at radius 3 is 2.58 bits per heavy atom. The van der Waals surface area contributed by atoms with Gasteiger partial charge in [0, 0.05) is 15.6 Å². The second-order valence-electron chi connectivity index (χ2n) is 5.01. The molecule has 0 radical (unpaired) electrons. The zero-order chi connectivity index (χ0) is 19.1. The van der Waals surface area contributed by atoms with Gasteiger partial charge in [-0.1, -0.05) is 15.9 Å². The van der Waals surface area contributed by atoms with Crippen LogP contribution in [0.25, 0.3) is 0 Å². The fourth-order valence-corrected chi connectivity index (χ4v) is 3.62. The van der Waals surface area contributed by atoms with Gasteiger partial charge in [-0.2, -0.15) is 5.10 Å². The predicted molar refractivity (Wildman–Crippen MR) is 108 cm³/mol. The first kappa shape index (κ1) is 20.3. The van der Waals surface area contributed by atoms with E-state index in [1.54, 1.807) is 32.4 Å². The average Bonchev–Trinajstić information content (AvgIpc) is 2.61. The summed E-state index contributed by atoms with van der Waals surface area (Å²) in [5.41, 5.74) is 3.61. The van der Waals surface area contributed by atoms with Gasteiger partial charge in [0.05, 0.1) is 31.5 Å². The molecular weight excluding hydrogens is 468 g/mol. The molecule has 8 heteroatoms. The molecule has 0 saturated carbocycles. The van der Waals surface area contributed by atoms with Gasteiger partial charge in [0.1, 0.15) is 5.75 Å². The lowest BCUT2D eigenvalue weighted by Crippen LogP contribution is -2.17. The topological polar surface area (TPSA) is 69.2 Å². The SMILES string of the molecule is CCOc1cc(C(=O)N/N=C/c2cc(Br)cc(Br)c2OC)ccc1OC. The lowest BCUT2D eigenvalue weighted by Gasteiger charge is -2.10. The fraction of sp³-hybridized carbons (Fsp3) is 0.222. The van der Waals surface area contributed by atoms with E-state index in [1.807, 2.05) is 19.1 Å². The number of amides is 1. The van der Waals surface area contributed by atoms with Crippen LogP contribution >= 0.6 is 31.9 Å². The van der Waals surface area contributed by atoms with E-state index >= 15 is 0 Å². The van der Waals surface area contributed by atoms with Crippen molar-refractivity contribution in [2.45, 2.75) is 6.92 Å². The molecule has 0 bridgehead atoms. The Bertz CT molecular complexity index is 825. The third-order valence-corrected chi connectivity index (χ3v) is 4.38. The normalized spacial score (nSPS) is 10.7. The summed E-state index contributed by atoms with van der Waals surface area (Å²) in [5, 5.41) is 4.01. The number of nitrogens with one attached hydrogen (secondary N) is 1. The summed E-state index contributed by atoms with van der Waals surface area (Å²) in [7, 11) is 3.11. The zero-order valence-corrected chi connectivity index (χ0v) is 17.7. The Kier molecular flexibility index (Phi) is 7.47. The molecule has 0 heterocycles. The molecule has 0 unspecified atom stereocenters. The van der Waals surface area contributed by atoms with Crippen molar-refractivity contribution in [1.82, 2.24) is 5.43 Å². The van der Waals surface area contributed by atoms with Gasteiger partial charge in [-0.25, -0.2) is 5.43 Å². The Morgan fingerprint density at radius 2 is 1.92 bits per heavy atom. The van der Waals surface area contributed by atoms with Crippen molar-refractivity contribution in [2.75, 3.05) is 20.8 Å². The molecule has 0 atom stereocenters. The number of ether oxygens (including phenoxy) is 3. The maximum absolute atomic E-state index is 12.3. The van der Waals surface area contributed by atoms with Gasteiger partial charge in [0.25, 0.3) is 5.91 Å². The quantitative estimate of drug-likeness (QED) is 0.466. The Morgan fingerprint density at radius 1 is 1.15 bits per heavy atom. The van der Waals surface area contributed by atoms with Gasteiger partial charge >= 0.3 is 0 Å². The van der Waals surface area contributed by atoms with E-state index in [1.165, 1.54) is 6.21 Å².